The summed E-state index contributed by atoms with van der Waals surface area (Å²) in [5.74, 6) is -0.604. The van der Waals surface area contributed by atoms with Gasteiger partial charge in [0.25, 0.3) is 0 Å². The Morgan fingerprint density at radius 1 is 0.970 bits per heavy atom. The number of nitrogens with zero attached hydrogens (tertiary/aromatic N) is 2. The summed E-state index contributed by atoms with van der Waals surface area (Å²) in [6, 6.07) is 26.0. The average Bonchev–Trinajstić information content (AvgIpc) is 2.82. The molecule has 0 aliphatic carbocycles. The molecule has 3 rings (SSSR count). The first kappa shape index (κ1) is 24.3. The fourth-order valence-electron chi connectivity index (χ4n) is 3.16. The highest BCUT2D eigenvalue weighted by atomic mass is 35.5. The van der Waals surface area contributed by atoms with Crippen LogP contribution in [0.25, 0.3) is 0 Å². The summed E-state index contributed by atoms with van der Waals surface area (Å²) in [6.07, 6.45) is 3.34. The van der Waals surface area contributed by atoms with Crippen molar-refractivity contribution in [1.29, 1.82) is 5.26 Å². The number of carbonyl (C=O) groups excluding carboxylic acids is 1. The minimum atomic E-state index is -0.604. The minimum Gasteiger partial charge on any atom is -0.455 e. The molecular formula is C27H22Cl2N2O2. The van der Waals surface area contributed by atoms with Crippen LogP contribution in [0.1, 0.15) is 34.8 Å². The maximum Gasteiger partial charge on any atom is 0.341 e. The fourth-order valence-corrected chi connectivity index (χ4v) is 3.71. The molecule has 0 amide bonds. The van der Waals surface area contributed by atoms with Crippen molar-refractivity contribution in [2.24, 2.45) is 4.99 Å². The van der Waals surface area contributed by atoms with Gasteiger partial charge in [-0.2, -0.15) is 5.26 Å². The van der Waals surface area contributed by atoms with Crippen LogP contribution in [0.5, 0.6) is 0 Å². The van der Waals surface area contributed by atoms with Crippen molar-refractivity contribution in [3.63, 3.8) is 0 Å². The molecular weight excluding hydrogens is 455 g/mol. The van der Waals surface area contributed by atoms with Crippen LogP contribution in [0.2, 0.25) is 10.0 Å². The Bertz CT molecular complexity index is 1120. The maximum atomic E-state index is 12.4. The first-order valence-corrected chi connectivity index (χ1v) is 11.1. The minimum absolute atomic E-state index is 0.135. The summed E-state index contributed by atoms with van der Waals surface area (Å²) < 4.78 is 5.42. The number of esters is 1. The average molecular weight is 477 g/mol. The van der Waals surface area contributed by atoms with E-state index in [9.17, 15) is 10.1 Å². The van der Waals surface area contributed by atoms with Crippen molar-refractivity contribution in [2.75, 3.05) is 0 Å². The van der Waals surface area contributed by atoms with Crippen LogP contribution in [-0.2, 0) is 4.74 Å². The van der Waals surface area contributed by atoms with Gasteiger partial charge in [0.05, 0.1) is 27.4 Å². The first-order chi connectivity index (χ1) is 16.0. The Hall–Kier alpha value is -3.39. The second-order valence-corrected chi connectivity index (χ2v) is 8.04. The van der Waals surface area contributed by atoms with Gasteiger partial charge < -0.3 is 4.74 Å². The number of ether oxygens (including phenoxy) is 1. The van der Waals surface area contributed by atoms with Crippen LogP contribution in [0, 0.1) is 11.3 Å². The van der Waals surface area contributed by atoms with Gasteiger partial charge in [-0.3, -0.25) is 4.99 Å². The second-order valence-electron chi connectivity index (χ2n) is 7.23. The highest BCUT2D eigenvalue weighted by molar-refractivity contribution is 6.39. The second kappa shape index (κ2) is 12.0. The van der Waals surface area contributed by atoms with Gasteiger partial charge in [0.1, 0.15) is 12.1 Å². The molecule has 0 N–H and O–H groups in total. The Morgan fingerprint density at radius 3 is 2.03 bits per heavy atom. The summed E-state index contributed by atoms with van der Waals surface area (Å²) in [5.41, 5.74) is 2.76. The third-order valence-electron chi connectivity index (χ3n) is 4.75. The molecule has 0 fully saturated rings. The number of hydrogen-bond donors (Lipinski definition) is 0. The molecule has 166 valence electrons. The number of halogens is 2. The number of nitriles is 1. The van der Waals surface area contributed by atoms with E-state index in [4.69, 9.17) is 32.9 Å². The zero-order chi connectivity index (χ0) is 23.6. The predicted molar refractivity (Wildman–Crippen MR) is 133 cm³/mol. The van der Waals surface area contributed by atoms with Gasteiger partial charge >= 0.3 is 5.97 Å². The molecule has 0 aliphatic rings. The number of benzene rings is 3. The molecule has 0 aromatic heterocycles. The molecule has 0 bridgehead atoms. The van der Waals surface area contributed by atoms with Gasteiger partial charge in [-0.25, -0.2) is 4.79 Å². The van der Waals surface area contributed by atoms with Crippen molar-refractivity contribution < 1.29 is 9.53 Å². The van der Waals surface area contributed by atoms with E-state index < -0.39 is 18.1 Å². The van der Waals surface area contributed by atoms with Crippen molar-refractivity contribution in [1.82, 2.24) is 0 Å². The molecule has 0 saturated heterocycles. The lowest BCUT2D eigenvalue weighted by molar-refractivity contribution is 0.0424. The summed E-state index contributed by atoms with van der Waals surface area (Å²) in [4.78, 5) is 17.1. The van der Waals surface area contributed by atoms with E-state index in [1.165, 1.54) is 0 Å². The Balaban J connectivity index is 1.71. The third-order valence-corrected chi connectivity index (χ3v) is 5.38. The quantitative estimate of drug-likeness (QED) is 0.201. The van der Waals surface area contributed by atoms with Crippen molar-refractivity contribution in [3.05, 3.63) is 118 Å². The molecule has 0 radical (unpaired) electrons. The van der Waals surface area contributed by atoms with Gasteiger partial charge in [0.15, 0.2) is 0 Å². The number of rotatable bonds is 8. The molecule has 0 spiro atoms. The predicted octanol–water partition coefficient (Wildman–Crippen LogP) is 6.91. The van der Waals surface area contributed by atoms with E-state index in [-0.39, 0.29) is 15.6 Å². The summed E-state index contributed by atoms with van der Waals surface area (Å²) >= 11 is 12.1. The van der Waals surface area contributed by atoms with Crippen molar-refractivity contribution in [3.8, 4) is 6.07 Å². The molecule has 33 heavy (non-hydrogen) atoms. The monoisotopic (exact) mass is 476 g/mol. The smallest absolute Gasteiger partial charge is 0.341 e. The van der Waals surface area contributed by atoms with Crippen LogP contribution in [0.3, 0.4) is 0 Å². The van der Waals surface area contributed by atoms with Gasteiger partial charge in [0.2, 0.25) is 0 Å². The van der Waals surface area contributed by atoms with Gasteiger partial charge in [-0.15, -0.1) is 0 Å². The molecule has 2 atom stereocenters. The fraction of sp³-hybridized carbons (Fsp3) is 0.148. The number of carbonyl (C=O) groups is 1. The molecule has 0 aliphatic heterocycles. The van der Waals surface area contributed by atoms with E-state index in [1.807, 2.05) is 60.7 Å². The van der Waals surface area contributed by atoms with Crippen LogP contribution in [-0.4, -0.2) is 23.8 Å². The van der Waals surface area contributed by atoms with E-state index in [0.29, 0.717) is 6.42 Å². The normalized spacial score (nSPS) is 12.5. The van der Waals surface area contributed by atoms with Crippen LogP contribution < -0.4 is 0 Å². The molecule has 0 saturated carbocycles. The highest BCUT2D eigenvalue weighted by Crippen LogP contribution is 2.25. The van der Waals surface area contributed by atoms with Gasteiger partial charge in [-0.05, 0) is 25.1 Å². The Labute approximate surface area is 203 Å². The SMILES string of the molecule is C[C@@H](/C=C/CC(C#N)N=C(c1ccccc1)c1ccccc1)OC(=O)c1c(Cl)cccc1Cl. The number of aliphatic imine (C=N–C) groups is 1. The zero-order valence-corrected chi connectivity index (χ0v) is 19.5. The van der Waals surface area contributed by atoms with E-state index in [0.717, 1.165) is 16.8 Å². The van der Waals surface area contributed by atoms with Crippen molar-refractivity contribution in [2.45, 2.75) is 25.5 Å². The Morgan fingerprint density at radius 2 is 1.52 bits per heavy atom. The number of hydrogen-bond acceptors (Lipinski definition) is 4. The maximum absolute atomic E-state index is 12.4. The molecule has 4 nitrogen and oxygen atoms in total. The van der Waals surface area contributed by atoms with Crippen LogP contribution in [0.15, 0.2) is 96.0 Å². The summed E-state index contributed by atoms with van der Waals surface area (Å²) in [7, 11) is 0. The largest absolute Gasteiger partial charge is 0.455 e. The highest BCUT2D eigenvalue weighted by Gasteiger charge is 2.17. The lowest BCUT2D eigenvalue weighted by atomic mass is 10.0. The molecule has 3 aromatic carbocycles. The summed E-state index contributed by atoms with van der Waals surface area (Å²) in [5, 5.41) is 10.1. The topological polar surface area (TPSA) is 62.4 Å². The summed E-state index contributed by atoms with van der Waals surface area (Å²) in [6.45, 7) is 1.73. The zero-order valence-electron chi connectivity index (χ0n) is 18.0. The van der Waals surface area contributed by atoms with E-state index in [1.54, 1.807) is 37.3 Å². The standard InChI is InChI=1S/C27H22Cl2N2O2/c1-19(33-27(32)25-23(28)16-9-17-24(25)29)10-8-15-22(18-30)31-26(20-11-4-2-5-12-20)21-13-6-3-7-14-21/h2-14,16-17,19,22H,15H2,1H3/b10-8+/t19-,22?/m0/s1. The molecule has 1 unspecified atom stereocenters. The molecule has 6 heteroatoms. The first-order valence-electron chi connectivity index (χ1n) is 10.4. The molecule has 3 aromatic rings. The lowest BCUT2D eigenvalue weighted by Gasteiger charge is -2.12. The third kappa shape index (κ3) is 6.79. The van der Waals surface area contributed by atoms with E-state index in [2.05, 4.69) is 6.07 Å². The molecule has 0 heterocycles. The van der Waals surface area contributed by atoms with Crippen LogP contribution in [0.4, 0.5) is 0 Å². The van der Waals surface area contributed by atoms with Gasteiger partial charge in [0, 0.05) is 17.5 Å². The Kier molecular flexibility index (Phi) is 8.83. The van der Waals surface area contributed by atoms with Gasteiger partial charge in [-0.1, -0.05) is 96.0 Å². The van der Waals surface area contributed by atoms with Crippen molar-refractivity contribution >= 4 is 34.9 Å². The van der Waals surface area contributed by atoms with E-state index >= 15 is 0 Å². The lowest BCUT2D eigenvalue weighted by Crippen LogP contribution is -2.14. The van der Waals surface area contributed by atoms with Crippen LogP contribution >= 0.6 is 23.2 Å².